The fraction of sp³-hybridized carbons (Fsp3) is 0.188. The van der Waals surface area contributed by atoms with Gasteiger partial charge < -0.3 is 15.0 Å². The Labute approximate surface area is 147 Å². The van der Waals surface area contributed by atoms with Gasteiger partial charge >= 0.3 is 5.97 Å². The molecule has 124 valence electrons. The molecular formula is C16H15ClN4O2S. The van der Waals surface area contributed by atoms with Crippen LogP contribution in [0.2, 0.25) is 4.34 Å². The molecule has 3 aromatic rings. The van der Waals surface area contributed by atoms with Crippen molar-refractivity contribution in [2.75, 3.05) is 19.0 Å². The lowest BCUT2D eigenvalue weighted by molar-refractivity contribution is -0.136. The number of anilines is 1. The van der Waals surface area contributed by atoms with Crippen molar-refractivity contribution in [3.8, 4) is 22.0 Å². The third-order valence-electron chi connectivity index (χ3n) is 3.39. The number of hydrogen-bond donors (Lipinski definition) is 2. The molecule has 0 aliphatic rings. The van der Waals surface area contributed by atoms with Gasteiger partial charge in [-0.05, 0) is 24.3 Å². The van der Waals surface area contributed by atoms with E-state index in [-0.39, 0.29) is 6.42 Å². The van der Waals surface area contributed by atoms with Crippen molar-refractivity contribution in [1.29, 1.82) is 0 Å². The quantitative estimate of drug-likeness (QED) is 0.725. The molecule has 0 fully saturated rings. The number of aliphatic carboxylic acids is 1. The van der Waals surface area contributed by atoms with Gasteiger partial charge in [-0.2, -0.15) is 0 Å². The Balaban J connectivity index is 2.02. The first kappa shape index (κ1) is 16.5. The molecule has 0 aliphatic heterocycles. The van der Waals surface area contributed by atoms with Crippen molar-refractivity contribution < 1.29 is 9.90 Å². The molecule has 0 saturated carbocycles. The average molecular weight is 363 g/mol. The summed E-state index contributed by atoms with van der Waals surface area (Å²) in [6.07, 6.45) is 1.57. The van der Waals surface area contributed by atoms with Crippen molar-refractivity contribution in [2.24, 2.45) is 0 Å². The van der Waals surface area contributed by atoms with E-state index in [0.29, 0.717) is 21.5 Å². The molecule has 0 unspecified atom stereocenters. The molecule has 0 aromatic carbocycles. The molecule has 0 amide bonds. The minimum atomic E-state index is -0.921. The highest BCUT2D eigenvalue weighted by Crippen LogP contribution is 2.33. The molecule has 0 bridgehead atoms. The Bertz CT molecular complexity index is 871. The third kappa shape index (κ3) is 3.42. The predicted octanol–water partition coefficient (Wildman–Crippen LogP) is 3.55. The first-order chi connectivity index (χ1) is 11.4. The number of carboxylic acids is 1. The van der Waals surface area contributed by atoms with Crippen LogP contribution in [0.15, 0.2) is 30.5 Å². The summed E-state index contributed by atoms with van der Waals surface area (Å²) in [6.45, 7) is 0. The van der Waals surface area contributed by atoms with Crippen LogP contribution in [0.1, 0.15) is 5.69 Å². The zero-order chi connectivity index (χ0) is 17.3. The highest BCUT2D eigenvalue weighted by molar-refractivity contribution is 7.19. The van der Waals surface area contributed by atoms with Crippen LogP contribution in [0.5, 0.6) is 0 Å². The van der Waals surface area contributed by atoms with E-state index in [2.05, 4.69) is 15.0 Å². The smallest absolute Gasteiger partial charge is 0.309 e. The van der Waals surface area contributed by atoms with Gasteiger partial charge in [0.15, 0.2) is 0 Å². The van der Waals surface area contributed by atoms with Crippen molar-refractivity contribution in [2.45, 2.75) is 6.42 Å². The number of hydrogen-bond acceptors (Lipinski definition) is 5. The molecule has 0 atom stereocenters. The fourth-order valence-electron chi connectivity index (χ4n) is 2.26. The molecule has 0 spiro atoms. The number of H-pyrrole nitrogens is 1. The minimum Gasteiger partial charge on any atom is -0.481 e. The molecule has 0 aliphatic carbocycles. The number of thiophene rings is 1. The van der Waals surface area contributed by atoms with Gasteiger partial charge in [0.2, 0.25) is 0 Å². The van der Waals surface area contributed by atoms with Crippen LogP contribution in [0, 0.1) is 0 Å². The summed E-state index contributed by atoms with van der Waals surface area (Å²) >= 11 is 7.35. The van der Waals surface area contributed by atoms with Crippen LogP contribution in [-0.4, -0.2) is 40.1 Å². The van der Waals surface area contributed by atoms with Crippen LogP contribution in [-0.2, 0) is 11.2 Å². The number of aromatic nitrogens is 3. The summed E-state index contributed by atoms with van der Waals surface area (Å²) in [6, 6.07) is 7.40. The van der Waals surface area contributed by atoms with Gasteiger partial charge in [-0.1, -0.05) is 11.6 Å². The monoisotopic (exact) mass is 362 g/mol. The first-order valence-electron chi connectivity index (χ1n) is 7.14. The lowest BCUT2D eigenvalue weighted by Crippen LogP contribution is -2.10. The summed E-state index contributed by atoms with van der Waals surface area (Å²) in [5.74, 6) is 0.500. The van der Waals surface area contributed by atoms with E-state index in [9.17, 15) is 4.79 Å². The van der Waals surface area contributed by atoms with Crippen LogP contribution >= 0.6 is 22.9 Å². The van der Waals surface area contributed by atoms with E-state index in [1.54, 1.807) is 12.3 Å². The molecule has 6 nitrogen and oxygen atoms in total. The summed E-state index contributed by atoms with van der Waals surface area (Å²) in [7, 11) is 3.83. The number of aromatic amines is 1. The summed E-state index contributed by atoms with van der Waals surface area (Å²) < 4.78 is 0.632. The van der Waals surface area contributed by atoms with Crippen molar-refractivity contribution in [3.63, 3.8) is 0 Å². The zero-order valence-corrected chi connectivity index (χ0v) is 14.6. The standard InChI is InChI=1S/C16H15ClN4O2S/c1-21(2)13-6-3-9(8-18-13)16-19-10(7-14(22)23)15(20-16)11-4-5-12(17)24-11/h3-6,8H,7H2,1-2H3,(H,19,20)(H,22,23). The zero-order valence-electron chi connectivity index (χ0n) is 13.1. The van der Waals surface area contributed by atoms with Gasteiger partial charge in [-0.25, -0.2) is 9.97 Å². The molecule has 0 saturated heterocycles. The first-order valence-corrected chi connectivity index (χ1v) is 8.33. The Hall–Kier alpha value is -2.38. The molecule has 3 rings (SSSR count). The molecule has 8 heteroatoms. The Morgan fingerprint density at radius 2 is 2.12 bits per heavy atom. The normalized spacial score (nSPS) is 10.8. The molecule has 2 N–H and O–H groups in total. The molecule has 3 aromatic heterocycles. The lowest BCUT2D eigenvalue weighted by atomic mass is 10.2. The number of carbonyl (C=O) groups is 1. The lowest BCUT2D eigenvalue weighted by Gasteiger charge is -2.10. The predicted molar refractivity (Wildman–Crippen MR) is 95.8 cm³/mol. The third-order valence-corrected chi connectivity index (χ3v) is 4.63. The second-order valence-electron chi connectivity index (χ2n) is 5.39. The Morgan fingerprint density at radius 3 is 2.67 bits per heavy atom. The SMILES string of the molecule is CN(C)c1ccc(-c2nc(-c3ccc(Cl)s3)c(CC(=O)O)[nH]2)cn1. The number of nitrogens with zero attached hydrogens (tertiary/aromatic N) is 3. The van der Waals surface area contributed by atoms with E-state index >= 15 is 0 Å². The maximum atomic E-state index is 11.1. The number of nitrogens with one attached hydrogen (secondary N) is 1. The largest absolute Gasteiger partial charge is 0.481 e. The van der Waals surface area contributed by atoms with Crippen LogP contribution in [0.25, 0.3) is 22.0 Å². The second-order valence-corrected chi connectivity index (χ2v) is 7.10. The Kier molecular flexibility index (Phi) is 4.55. The van der Waals surface area contributed by atoms with E-state index in [4.69, 9.17) is 16.7 Å². The van der Waals surface area contributed by atoms with Crippen LogP contribution < -0.4 is 4.90 Å². The van der Waals surface area contributed by atoms with Gasteiger partial charge in [0.05, 0.1) is 21.3 Å². The minimum absolute atomic E-state index is 0.138. The van der Waals surface area contributed by atoms with E-state index < -0.39 is 5.97 Å². The number of rotatable bonds is 5. The summed E-state index contributed by atoms with van der Waals surface area (Å²) in [4.78, 5) is 25.9. The maximum Gasteiger partial charge on any atom is 0.309 e. The number of carboxylic acid groups (broad SMARTS) is 1. The summed E-state index contributed by atoms with van der Waals surface area (Å²) in [5, 5.41) is 9.13. The van der Waals surface area contributed by atoms with Gasteiger partial charge in [0, 0.05) is 25.9 Å². The van der Waals surface area contributed by atoms with Gasteiger partial charge in [0.25, 0.3) is 0 Å². The average Bonchev–Trinajstić information content (AvgIpc) is 3.13. The number of halogens is 1. The van der Waals surface area contributed by atoms with E-state index in [0.717, 1.165) is 16.3 Å². The highest BCUT2D eigenvalue weighted by atomic mass is 35.5. The van der Waals surface area contributed by atoms with Crippen molar-refractivity contribution >= 4 is 34.7 Å². The fourth-order valence-corrected chi connectivity index (χ4v) is 3.32. The van der Waals surface area contributed by atoms with Gasteiger partial charge in [0.1, 0.15) is 17.3 Å². The number of imidazole rings is 1. The van der Waals surface area contributed by atoms with Gasteiger partial charge in [-0.3, -0.25) is 4.79 Å². The number of pyridine rings is 1. The van der Waals surface area contributed by atoms with Crippen molar-refractivity contribution in [3.05, 3.63) is 40.5 Å². The Morgan fingerprint density at radius 1 is 1.33 bits per heavy atom. The molecular weight excluding hydrogens is 348 g/mol. The van der Waals surface area contributed by atoms with Crippen LogP contribution in [0.3, 0.4) is 0 Å². The topological polar surface area (TPSA) is 82.1 Å². The second kappa shape index (κ2) is 6.62. The van der Waals surface area contributed by atoms with Crippen LogP contribution in [0.4, 0.5) is 5.82 Å². The molecule has 24 heavy (non-hydrogen) atoms. The maximum absolute atomic E-state index is 11.1. The van der Waals surface area contributed by atoms with Gasteiger partial charge in [-0.15, -0.1) is 11.3 Å². The molecule has 3 heterocycles. The summed E-state index contributed by atoms with van der Waals surface area (Å²) in [5.41, 5.74) is 1.95. The van der Waals surface area contributed by atoms with E-state index in [1.807, 2.05) is 37.2 Å². The highest BCUT2D eigenvalue weighted by Gasteiger charge is 2.17. The van der Waals surface area contributed by atoms with Crippen molar-refractivity contribution in [1.82, 2.24) is 15.0 Å². The van der Waals surface area contributed by atoms with E-state index in [1.165, 1.54) is 11.3 Å². The molecule has 0 radical (unpaired) electrons.